The second-order valence-electron chi connectivity index (χ2n) is 2.87. The molecule has 0 spiro atoms. The summed E-state index contributed by atoms with van der Waals surface area (Å²) in [6.07, 6.45) is 0. The van der Waals surface area contributed by atoms with Crippen molar-refractivity contribution >= 4 is 16.7 Å². The van der Waals surface area contributed by atoms with Crippen molar-refractivity contribution < 1.29 is 4.74 Å². The minimum atomic E-state index is 0.709. The van der Waals surface area contributed by atoms with E-state index in [0.717, 1.165) is 16.4 Å². The maximum atomic E-state index is 5.07. The molecule has 0 aliphatic carbocycles. The van der Waals surface area contributed by atoms with Gasteiger partial charge >= 0.3 is 0 Å². The fourth-order valence-electron chi connectivity index (χ4n) is 1.12. The molecule has 5 nitrogen and oxygen atoms in total. The summed E-state index contributed by atoms with van der Waals surface area (Å²) < 4.78 is 8.73. The fourth-order valence-corrected chi connectivity index (χ4v) is 1.48. The molecular weight excluding hydrogens is 212 g/mol. The van der Waals surface area contributed by atoms with E-state index in [2.05, 4.69) is 20.1 Å². The lowest BCUT2D eigenvalue weighted by atomic mass is 10.2. The number of rotatable bonds is 4. The third-order valence-corrected chi connectivity index (χ3v) is 2.46. The Labute approximate surface area is 91.3 Å². The summed E-state index contributed by atoms with van der Waals surface area (Å²) in [6.45, 7) is 0.709. The maximum absolute atomic E-state index is 5.07. The van der Waals surface area contributed by atoms with Gasteiger partial charge in [-0.15, -0.1) is 0 Å². The quantitative estimate of drug-likeness (QED) is 0.850. The van der Waals surface area contributed by atoms with Crippen molar-refractivity contribution in [2.24, 2.45) is 0 Å². The number of benzene rings is 1. The normalized spacial score (nSPS) is 9.93. The van der Waals surface area contributed by atoms with Crippen LogP contribution >= 0.6 is 11.5 Å². The molecule has 0 aliphatic rings. The van der Waals surface area contributed by atoms with Crippen LogP contribution in [0, 0.1) is 0 Å². The topological polar surface area (TPSA) is 59.9 Å². The molecule has 0 radical (unpaired) electrons. The smallest absolute Gasteiger partial charge is 0.225 e. The van der Waals surface area contributed by atoms with Crippen LogP contribution in [0.1, 0.15) is 5.56 Å². The summed E-state index contributed by atoms with van der Waals surface area (Å²) >= 11 is 1.24. The van der Waals surface area contributed by atoms with Gasteiger partial charge in [0.15, 0.2) is 0 Å². The Balaban J connectivity index is 1.93. The molecule has 0 saturated carbocycles. The van der Waals surface area contributed by atoms with E-state index in [1.54, 1.807) is 7.11 Å². The molecule has 1 aromatic heterocycles. The Morgan fingerprint density at radius 1 is 1.33 bits per heavy atom. The molecule has 0 bridgehead atoms. The van der Waals surface area contributed by atoms with Gasteiger partial charge in [0.05, 0.1) is 7.11 Å². The predicted molar refractivity (Wildman–Crippen MR) is 58.0 cm³/mol. The van der Waals surface area contributed by atoms with E-state index in [0.29, 0.717) is 6.54 Å². The second kappa shape index (κ2) is 4.70. The molecule has 0 aliphatic heterocycles. The van der Waals surface area contributed by atoms with Crippen LogP contribution < -0.4 is 10.1 Å². The first-order chi connectivity index (χ1) is 7.38. The molecular formula is C9H10N4OS. The van der Waals surface area contributed by atoms with Crippen LogP contribution in [0.2, 0.25) is 0 Å². The van der Waals surface area contributed by atoms with Crippen LogP contribution in [0.25, 0.3) is 0 Å². The van der Waals surface area contributed by atoms with Crippen molar-refractivity contribution in [3.8, 4) is 5.75 Å². The van der Waals surface area contributed by atoms with Gasteiger partial charge in [-0.2, -0.15) is 0 Å². The molecule has 0 saturated heterocycles. The Kier molecular flexibility index (Phi) is 3.08. The molecule has 1 aromatic carbocycles. The number of nitrogens with one attached hydrogen (secondary N) is 1. The van der Waals surface area contributed by atoms with Gasteiger partial charge < -0.3 is 10.1 Å². The highest BCUT2D eigenvalue weighted by atomic mass is 32.1. The van der Waals surface area contributed by atoms with Gasteiger partial charge in [0.2, 0.25) is 5.13 Å². The minimum absolute atomic E-state index is 0.709. The van der Waals surface area contributed by atoms with Gasteiger partial charge in [-0.3, -0.25) is 0 Å². The Bertz CT molecular complexity index is 401. The predicted octanol–water partition coefficient (Wildman–Crippen LogP) is 1.55. The van der Waals surface area contributed by atoms with Crippen LogP contribution in [-0.2, 0) is 6.54 Å². The van der Waals surface area contributed by atoms with E-state index in [-0.39, 0.29) is 0 Å². The molecule has 1 N–H and O–H groups in total. The number of hydrogen-bond donors (Lipinski definition) is 1. The van der Waals surface area contributed by atoms with Crippen molar-refractivity contribution in [1.29, 1.82) is 0 Å². The van der Waals surface area contributed by atoms with E-state index in [9.17, 15) is 0 Å². The van der Waals surface area contributed by atoms with Crippen LogP contribution in [0.4, 0.5) is 5.13 Å². The lowest BCUT2D eigenvalue weighted by Gasteiger charge is -2.03. The summed E-state index contributed by atoms with van der Waals surface area (Å²) in [5.74, 6) is 0.858. The van der Waals surface area contributed by atoms with Crippen molar-refractivity contribution in [3.63, 3.8) is 0 Å². The van der Waals surface area contributed by atoms with Crippen LogP contribution in [0.15, 0.2) is 24.3 Å². The zero-order valence-corrected chi connectivity index (χ0v) is 8.99. The molecule has 0 amide bonds. The molecule has 0 fully saturated rings. The number of anilines is 1. The molecule has 6 heteroatoms. The van der Waals surface area contributed by atoms with E-state index < -0.39 is 0 Å². The average Bonchev–Trinajstić information content (AvgIpc) is 2.80. The first-order valence-corrected chi connectivity index (χ1v) is 5.17. The standard InChI is InChI=1S/C9H10N4OS/c1-14-8-4-2-7(3-5-8)6-10-9-11-12-13-15-9/h2-5H,6H2,1H3,(H,10,11,13). The highest BCUT2D eigenvalue weighted by Crippen LogP contribution is 2.13. The van der Waals surface area contributed by atoms with Crippen molar-refractivity contribution in [3.05, 3.63) is 29.8 Å². The molecule has 0 atom stereocenters. The van der Waals surface area contributed by atoms with Crippen LogP contribution in [-0.4, -0.2) is 21.9 Å². The lowest BCUT2D eigenvalue weighted by molar-refractivity contribution is 0.414. The lowest BCUT2D eigenvalue weighted by Crippen LogP contribution is -1.98. The summed E-state index contributed by atoms with van der Waals surface area (Å²) in [5.41, 5.74) is 1.16. The third-order valence-electron chi connectivity index (χ3n) is 1.90. The number of methoxy groups -OCH3 is 1. The highest BCUT2D eigenvalue weighted by Gasteiger charge is 1.97. The molecule has 2 aromatic rings. The van der Waals surface area contributed by atoms with Gasteiger partial charge in [-0.25, -0.2) is 0 Å². The first-order valence-electron chi connectivity index (χ1n) is 4.40. The van der Waals surface area contributed by atoms with Gasteiger partial charge in [-0.1, -0.05) is 21.7 Å². The van der Waals surface area contributed by atoms with Gasteiger partial charge in [0, 0.05) is 18.1 Å². The second-order valence-corrected chi connectivity index (χ2v) is 3.60. The molecule has 1 heterocycles. The number of ether oxygens (including phenoxy) is 1. The SMILES string of the molecule is COc1ccc(CNc2nnns2)cc1. The molecule has 2 rings (SSSR count). The number of nitrogens with zero attached hydrogens (tertiary/aromatic N) is 3. The largest absolute Gasteiger partial charge is 0.497 e. The van der Waals surface area contributed by atoms with Gasteiger partial charge in [-0.05, 0) is 22.9 Å². The number of hydrogen-bond acceptors (Lipinski definition) is 6. The van der Waals surface area contributed by atoms with Crippen molar-refractivity contribution in [1.82, 2.24) is 14.8 Å². The monoisotopic (exact) mass is 222 g/mol. The first kappa shape index (κ1) is 9.85. The Hall–Kier alpha value is -1.69. The zero-order chi connectivity index (χ0) is 10.5. The third kappa shape index (κ3) is 2.63. The Morgan fingerprint density at radius 2 is 2.13 bits per heavy atom. The van der Waals surface area contributed by atoms with E-state index in [4.69, 9.17) is 4.74 Å². The highest BCUT2D eigenvalue weighted by molar-refractivity contribution is 7.09. The summed E-state index contributed by atoms with van der Waals surface area (Å²) in [6, 6.07) is 7.85. The average molecular weight is 222 g/mol. The summed E-state index contributed by atoms with van der Waals surface area (Å²) in [7, 11) is 1.65. The Morgan fingerprint density at radius 3 is 2.73 bits per heavy atom. The van der Waals surface area contributed by atoms with Gasteiger partial charge in [0.25, 0.3) is 0 Å². The zero-order valence-electron chi connectivity index (χ0n) is 8.17. The minimum Gasteiger partial charge on any atom is -0.497 e. The van der Waals surface area contributed by atoms with Crippen LogP contribution in [0.3, 0.4) is 0 Å². The number of aromatic nitrogens is 3. The fraction of sp³-hybridized carbons (Fsp3) is 0.222. The van der Waals surface area contributed by atoms with Crippen molar-refractivity contribution in [2.75, 3.05) is 12.4 Å². The molecule has 15 heavy (non-hydrogen) atoms. The van der Waals surface area contributed by atoms with Crippen LogP contribution in [0.5, 0.6) is 5.75 Å². The summed E-state index contributed by atoms with van der Waals surface area (Å²) in [4.78, 5) is 0. The maximum Gasteiger partial charge on any atom is 0.225 e. The van der Waals surface area contributed by atoms with E-state index >= 15 is 0 Å². The van der Waals surface area contributed by atoms with Crippen molar-refractivity contribution in [2.45, 2.75) is 6.54 Å². The van der Waals surface area contributed by atoms with Gasteiger partial charge in [0.1, 0.15) is 5.75 Å². The molecule has 0 unspecified atom stereocenters. The van der Waals surface area contributed by atoms with E-state index in [1.807, 2.05) is 24.3 Å². The summed E-state index contributed by atoms with van der Waals surface area (Å²) in [5, 5.41) is 11.1. The van der Waals surface area contributed by atoms with E-state index in [1.165, 1.54) is 11.5 Å². The molecule has 78 valence electrons.